The number of amides is 2. The standard InChI is InChI=1S/C21H29N5O3/c1-4-17-7-5-6-15(2)21(17)23-20(28)14-26-10-8-25(9-11-26)13-19(27)22-18-12-16(3)29-24-18/h5-7,12H,4,8-11,13-14H2,1-3H3,(H,23,28)(H,22,24,27). The van der Waals surface area contributed by atoms with Gasteiger partial charge in [-0.1, -0.05) is 30.3 Å². The molecule has 2 amide bonds. The summed E-state index contributed by atoms with van der Waals surface area (Å²) in [5.74, 6) is 0.979. The Hall–Kier alpha value is -2.71. The van der Waals surface area contributed by atoms with Crippen LogP contribution >= 0.6 is 0 Å². The smallest absolute Gasteiger partial charge is 0.239 e. The third-order valence-corrected chi connectivity index (χ3v) is 5.10. The number of rotatable bonds is 7. The summed E-state index contributed by atoms with van der Waals surface area (Å²) in [7, 11) is 0. The van der Waals surface area contributed by atoms with Crippen molar-refractivity contribution in [1.29, 1.82) is 0 Å². The minimum Gasteiger partial charge on any atom is -0.360 e. The fraction of sp³-hybridized carbons (Fsp3) is 0.476. The second-order valence-electron chi connectivity index (χ2n) is 7.43. The van der Waals surface area contributed by atoms with Crippen molar-refractivity contribution in [3.63, 3.8) is 0 Å². The van der Waals surface area contributed by atoms with Gasteiger partial charge in [0, 0.05) is 37.9 Å². The van der Waals surface area contributed by atoms with Crippen LogP contribution in [0, 0.1) is 13.8 Å². The Balaban J connectivity index is 1.42. The van der Waals surface area contributed by atoms with Gasteiger partial charge in [0.25, 0.3) is 0 Å². The second-order valence-corrected chi connectivity index (χ2v) is 7.43. The van der Waals surface area contributed by atoms with Crippen molar-refractivity contribution < 1.29 is 14.1 Å². The van der Waals surface area contributed by atoms with Gasteiger partial charge in [0.2, 0.25) is 11.8 Å². The molecule has 2 N–H and O–H groups in total. The van der Waals surface area contributed by atoms with Crippen LogP contribution in [-0.2, 0) is 16.0 Å². The van der Waals surface area contributed by atoms with Crippen molar-refractivity contribution in [1.82, 2.24) is 15.0 Å². The summed E-state index contributed by atoms with van der Waals surface area (Å²) in [5, 5.41) is 9.58. The summed E-state index contributed by atoms with van der Waals surface area (Å²) in [5.41, 5.74) is 3.16. The number of carbonyl (C=O) groups excluding carboxylic acids is 2. The Kier molecular flexibility index (Phi) is 7.00. The molecule has 8 nitrogen and oxygen atoms in total. The number of aryl methyl sites for hydroxylation is 3. The molecule has 1 aromatic carbocycles. The van der Waals surface area contributed by atoms with E-state index in [2.05, 4.69) is 32.5 Å². The summed E-state index contributed by atoms with van der Waals surface area (Å²) in [6, 6.07) is 7.77. The van der Waals surface area contributed by atoms with E-state index in [0.29, 0.717) is 24.7 Å². The summed E-state index contributed by atoms with van der Waals surface area (Å²) in [6.07, 6.45) is 0.881. The Bertz CT molecular complexity index is 856. The average molecular weight is 399 g/mol. The van der Waals surface area contributed by atoms with Gasteiger partial charge >= 0.3 is 0 Å². The first-order chi connectivity index (χ1) is 13.9. The molecular formula is C21H29N5O3. The lowest BCUT2D eigenvalue weighted by Gasteiger charge is -2.33. The molecule has 0 radical (unpaired) electrons. The number of nitrogens with zero attached hydrogens (tertiary/aromatic N) is 3. The lowest BCUT2D eigenvalue weighted by atomic mass is 10.1. The number of hydrogen-bond acceptors (Lipinski definition) is 6. The highest BCUT2D eigenvalue weighted by Crippen LogP contribution is 2.21. The lowest BCUT2D eigenvalue weighted by Crippen LogP contribution is -2.50. The number of aromatic nitrogens is 1. The van der Waals surface area contributed by atoms with Gasteiger partial charge in [-0.25, -0.2) is 0 Å². The Morgan fingerprint density at radius 2 is 1.66 bits per heavy atom. The second kappa shape index (κ2) is 9.67. The van der Waals surface area contributed by atoms with Gasteiger partial charge in [-0.05, 0) is 31.4 Å². The monoisotopic (exact) mass is 399 g/mol. The Labute approximate surface area is 171 Å². The minimum absolute atomic E-state index is 0.00148. The van der Waals surface area contributed by atoms with E-state index >= 15 is 0 Å². The molecule has 29 heavy (non-hydrogen) atoms. The molecule has 3 rings (SSSR count). The van der Waals surface area contributed by atoms with Crippen LogP contribution < -0.4 is 10.6 Å². The van der Waals surface area contributed by atoms with E-state index in [1.807, 2.05) is 25.1 Å². The maximum absolute atomic E-state index is 12.5. The first-order valence-electron chi connectivity index (χ1n) is 10.0. The topological polar surface area (TPSA) is 90.7 Å². The van der Waals surface area contributed by atoms with Crippen LogP contribution in [-0.4, -0.2) is 66.0 Å². The van der Waals surface area contributed by atoms with E-state index in [1.165, 1.54) is 0 Å². The van der Waals surface area contributed by atoms with Crippen LogP contribution in [0.4, 0.5) is 11.5 Å². The van der Waals surface area contributed by atoms with E-state index in [4.69, 9.17) is 4.52 Å². The van der Waals surface area contributed by atoms with Gasteiger partial charge in [0.05, 0.1) is 13.1 Å². The number of para-hydroxylation sites is 1. The summed E-state index contributed by atoms with van der Waals surface area (Å²) in [6.45, 7) is 9.51. The zero-order chi connectivity index (χ0) is 20.8. The van der Waals surface area contributed by atoms with Gasteiger partial charge < -0.3 is 15.2 Å². The molecule has 0 atom stereocenters. The molecule has 8 heteroatoms. The molecule has 156 valence electrons. The SMILES string of the molecule is CCc1cccc(C)c1NC(=O)CN1CCN(CC(=O)Nc2cc(C)on2)CC1. The molecule has 0 unspecified atom stereocenters. The average Bonchev–Trinajstić information content (AvgIpc) is 3.09. The van der Waals surface area contributed by atoms with E-state index in [9.17, 15) is 9.59 Å². The third-order valence-electron chi connectivity index (χ3n) is 5.10. The molecule has 1 aliphatic heterocycles. The predicted molar refractivity (Wildman–Crippen MR) is 112 cm³/mol. The first-order valence-corrected chi connectivity index (χ1v) is 10.0. The molecule has 1 aromatic heterocycles. The van der Waals surface area contributed by atoms with Crippen LogP contribution in [0.15, 0.2) is 28.8 Å². The van der Waals surface area contributed by atoms with E-state index in [0.717, 1.165) is 49.4 Å². The number of nitrogens with one attached hydrogen (secondary N) is 2. The number of anilines is 2. The molecular weight excluding hydrogens is 370 g/mol. The molecule has 1 fully saturated rings. The quantitative estimate of drug-likeness (QED) is 0.741. The van der Waals surface area contributed by atoms with Crippen molar-refractivity contribution in [3.05, 3.63) is 41.2 Å². The Morgan fingerprint density at radius 3 is 2.21 bits per heavy atom. The van der Waals surface area contributed by atoms with Crippen LogP contribution in [0.1, 0.15) is 23.8 Å². The van der Waals surface area contributed by atoms with Crippen LogP contribution in [0.2, 0.25) is 0 Å². The van der Waals surface area contributed by atoms with E-state index in [1.54, 1.807) is 13.0 Å². The fourth-order valence-corrected chi connectivity index (χ4v) is 3.50. The zero-order valence-electron chi connectivity index (χ0n) is 17.3. The largest absolute Gasteiger partial charge is 0.360 e. The van der Waals surface area contributed by atoms with Crippen molar-refractivity contribution in [2.24, 2.45) is 0 Å². The highest BCUT2D eigenvalue weighted by atomic mass is 16.5. The van der Waals surface area contributed by atoms with Crippen LogP contribution in [0.25, 0.3) is 0 Å². The summed E-state index contributed by atoms with van der Waals surface area (Å²) >= 11 is 0. The first kappa shape index (κ1) is 21.0. The summed E-state index contributed by atoms with van der Waals surface area (Å²) in [4.78, 5) is 28.8. The van der Waals surface area contributed by atoms with Gasteiger partial charge in [0.1, 0.15) is 5.76 Å². The molecule has 0 aliphatic carbocycles. The number of carbonyl (C=O) groups is 2. The van der Waals surface area contributed by atoms with Crippen molar-refractivity contribution >= 4 is 23.3 Å². The number of hydrogen-bond donors (Lipinski definition) is 2. The van der Waals surface area contributed by atoms with Crippen molar-refractivity contribution in [2.45, 2.75) is 27.2 Å². The van der Waals surface area contributed by atoms with Crippen LogP contribution in [0.3, 0.4) is 0 Å². The highest BCUT2D eigenvalue weighted by Gasteiger charge is 2.21. The maximum atomic E-state index is 12.5. The van der Waals surface area contributed by atoms with Gasteiger partial charge in [-0.15, -0.1) is 0 Å². The fourth-order valence-electron chi connectivity index (χ4n) is 3.50. The molecule has 1 saturated heterocycles. The van der Waals surface area contributed by atoms with Gasteiger partial charge in [0.15, 0.2) is 5.82 Å². The normalized spacial score (nSPS) is 15.3. The summed E-state index contributed by atoms with van der Waals surface area (Å²) < 4.78 is 4.95. The highest BCUT2D eigenvalue weighted by molar-refractivity contribution is 5.94. The molecule has 2 heterocycles. The Morgan fingerprint density at radius 1 is 1.03 bits per heavy atom. The molecule has 0 bridgehead atoms. The van der Waals surface area contributed by atoms with Crippen LogP contribution in [0.5, 0.6) is 0 Å². The third kappa shape index (κ3) is 5.88. The molecule has 0 saturated carbocycles. The number of benzene rings is 1. The van der Waals surface area contributed by atoms with Gasteiger partial charge in [-0.2, -0.15) is 0 Å². The zero-order valence-corrected chi connectivity index (χ0v) is 17.3. The van der Waals surface area contributed by atoms with E-state index < -0.39 is 0 Å². The molecule has 1 aliphatic rings. The van der Waals surface area contributed by atoms with Gasteiger partial charge in [-0.3, -0.25) is 19.4 Å². The van der Waals surface area contributed by atoms with Crippen molar-refractivity contribution in [3.8, 4) is 0 Å². The molecule has 0 spiro atoms. The number of piperazine rings is 1. The minimum atomic E-state index is -0.115. The predicted octanol–water partition coefficient (Wildman–Crippen LogP) is 2.05. The van der Waals surface area contributed by atoms with Crippen molar-refractivity contribution in [2.75, 3.05) is 49.9 Å². The lowest BCUT2D eigenvalue weighted by molar-refractivity contribution is -0.120. The molecule has 2 aromatic rings. The maximum Gasteiger partial charge on any atom is 0.239 e. The van der Waals surface area contributed by atoms with E-state index in [-0.39, 0.29) is 11.8 Å².